The Kier molecular flexibility index (Phi) is 3.23. The lowest BCUT2D eigenvalue weighted by Crippen LogP contribution is -2.77. The van der Waals surface area contributed by atoms with Gasteiger partial charge < -0.3 is 25.9 Å². The number of hydrogen-bond acceptors (Lipinski definition) is 5. The Balaban J connectivity index is 2.25. The molecule has 8 heteroatoms. The van der Waals surface area contributed by atoms with Crippen molar-refractivity contribution < 1.29 is 0 Å². The average Bonchev–Trinajstić information content (AvgIpc) is 2.05. The standard InChI is InChI=1S/C2H12B3N5/c1-6-4-8-3-9-5(7-2)10-4/h3,6-10H,1-2H3. The molecule has 10 heavy (non-hydrogen) atoms. The normalized spacial score (nSPS) is 19.0. The number of rotatable bonds is 2. The first-order valence-electron chi connectivity index (χ1n) is 3.44. The lowest BCUT2D eigenvalue weighted by atomic mass is 9.70. The molecule has 1 fully saturated rings. The van der Waals surface area contributed by atoms with Crippen LogP contribution in [-0.2, 0) is 0 Å². The van der Waals surface area contributed by atoms with Gasteiger partial charge >= 0.3 is 14.2 Å². The van der Waals surface area contributed by atoms with Gasteiger partial charge in [-0.1, -0.05) is 0 Å². The molecule has 0 aromatic heterocycles. The maximum atomic E-state index is 3.21. The van der Waals surface area contributed by atoms with E-state index in [2.05, 4.69) is 25.9 Å². The van der Waals surface area contributed by atoms with Crippen molar-refractivity contribution >= 4 is 21.8 Å². The molecule has 0 aliphatic carbocycles. The Morgan fingerprint density at radius 2 is 1.60 bits per heavy atom. The van der Waals surface area contributed by atoms with E-state index < -0.39 is 0 Å². The van der Waals surface area contributed by atoms with Crippen LogP contribution in [0.15, 0.2) is 0 Å². The molecule has 0 bridgehead atoms. The Labute approximate surface area is 62.7 Å². The monoisotopic (exact) mass is 139 g/mol. The maximum absolute atomic E-state index is 3.21. The molecule has 1 aliphatic rings. The maximum Gasteiger partial charge on any atom is 0.374 e. The average molecular weight is 139 g/mol. The lowest BCUT2D eigenvalue weighted by molar-refractivity contribution is 1.01. The third kappa shape index (κ3) is 2.00. The molecule has 1 saturated heterocycles. The van der Waals surface area contributed by atoms with Gasteiger partial charge in [0.05, 0.1) is 0 Å². The summed E-state index contributed by atoms with van der Waals surface area (Å²) < 4.78 is 0. The SMILES string of the molecule is CNB1NBNB(NC)N1. The molecule has 1 heterocycles. The highest BCUT2D eigenvalue weighted by molar-refractivity contribution is 6.79. The van der Waals surface area contributed by atoms with Gasteiger partial charge in [0.25, 0.3) is 7.55 Å². The van der Waals surface area contributed by atoms with Crippen molar-refractivity contribution in [3.63, 3.8) is 0 Å². The molecule has 0 amide bonds. The van der Waals surface area contributed by atoms with Crippen LogP contribution in [-0.4, -0.2) is 35.9 Å². The van der Waals surface area contributed by atoms with Gasteiger partial charge in [0, 0.05) is 0 Å². The van der Waals surface area contributed by atoms with Crippen LogP contribution in [0.25, 0.3) is 0 Å². The van der Waals surface area contributed by atoms with Crippen LogP contribution in [0, 0.1) is 0 Å². The number of nitrogens with one attached hydrogen (secondary N) is 5. The minimum absolute atomic E-state index is 0.193. The molecule has 54 valence electrons. The van der Waals surface area contributed by atoms with Gasteiger partial charge in [-0.05, 0) is 14.1 Å². The topological polar surface area (TPSA) is 60.1 Å². The Bertz CT molecular complexity index is 90.9. The fourth-order valence-corrected chi connectivity index (χ4v) is 0.918. The highest BCUT2D eigenvalue weighted by Gasteiger charge is 2.25. The van der Waals surface area contributed by atoms with Crippen molar-refractivity contribution in [1.82, 2.24) is 25.9 Å². The summed E-state index contributed by atoms with van der Waals surface area (Å²) in [6, 6.07) is 0. The van der Waals surface area contributed by atoms with E-state index in [-0.39, 0.29) is 14.2 Å². The second kappa shape index (κ2) is 4.00. The van der Waals surface area contributed by atoms with Crippen molar-refractivity contribution in [1.29, 1.82) is 0 Å². The molecule has 0 spiro atoms. The summed E-state index contributed by atoms with van der Waals surface area (Å²) in [5, 5.41) is 15.7. The van der Waals surface area contributed by atoms with Crippen molar-refractivity contribution in [3.8, 4) is 0 Å². The summed E-state index contributed by atoms with van der Waals surface area (Å²) in [5.74, 6) is 0. The molecule has 1 aliphatic heterocycles. The molecule has 0 aromatic rings. The van der Waals surface area contributed by atoms with Gasteiger partial charge in [-0.15, -0.1) is 0 Å². The third-order valence-electron chi connectivity index (χ3n) is 1.52. The molecule has 0 atom stereocenters. The van der Waals surface area contributed by atoms with E-state index in [9.17, 15) is 0 Å². The molecule has 5 nitrogen and oxygen atoms in total. The first kappa shape index (κ1) is 8.09. The first-order valence-corrected chi connectivity index (χ1v) is 3.44. The van der Waals surface area contributed by atoms with Crippen molar-refractivity contribution in [3.05, 3.63) is 0 Å². The van der Waals surface area contributed by atoms with E-state index in [0.29, 0.717) is 0 Å². The van der Waals surface area contributed by atoms with Gasteiger partial charge in [-0.25, -0.2) is 0 Å². The summed E-state index contributed by atoms with van der Waals surface area (Å²) >= 11 is 0. The Morgan fingerprint density at radius 3 is 2.00 bits per heavy atom. The van der Waals surface area contributed by atoms with Crippen LogP contribution in [0.2, 0.25) is 0 Å². The first-order chi connectivity index (χ1) is 4.86. The Morgan fingerprint density at radius 1 is 1.10 bits per heavy atom. The second-order valence-electron chi connectivity index (χ2n) is 2.20. The summed E-state index contributed by atoms with van der Waals surface area (Å²) in [6.07, 6.45) is 0. The van der Waals surface area contributed by atoms with Crippen LogP contribution in [0.3, 0.4) is 0 Å². The summed E-state index contributed by atoms with van der Waals surface area (Å²) in [4.78, 5) is 0. The van der Waals surface area contributed by atoms with E-state index in [4.69, 9.17) is 0 Å². The predicted octanol–water partition coefficient (Wildman–Crippen LogP) is -3.56. The van der Waals surface area contributed by atoms with E-state index in [1.54, 1.807) is 0 Å². The summed E-state index contributed by atoms with van der Waals surface area (Å²) in [6.45, 7) is 0. The predicted molar refractivity (Wildman–Crippen MR) is 46.2 cm³/mol. The minimum Gasteiger partial charge on any atom is -0.360 e. The van der Waals surface area contributed by atoms with Gasteiger partial charge in [0.15, 0.2) is 0 Å². The van der Waals surface area contributed by atoms with Gasteiger partial charge in [-0.3, -0.25) is 0 Å². The van der Waals surface area contributed by atoms with Crippen LogP contribution < -0.4 is 25.9 Å². The molecule has 0 radical (unpaired) electrons. The molecule has 1 rings (SSSR count). The van der Waals surface area contributed by atoms with Crippen molar-refractivity contribution in [2.75, 3.05) is 14.1 Å². The van der Waals surface area contributed by atoms with Crippen LogP contribution in [0.4, 0.5) is 0 Å². The highest BCUT2D eigenvalue weighted by Crippen LogP contribution is 1.69. The van der Waals surface area contributed by atoms with Crippen molar-refractivity contribution in [2.45, 2.75) is 0 Å². The fourth-order valence-electron chi connectivity index (χ4n) is 0.918. The molecule has 0 saturated carbocycles. The molecular formula is C2H12B3N5. The number of hydrogen-bond donors (Lipinski definition) is 5. The van der Waals surface area contributed by atoms with Crippen LogP contribution in [0.5, 0.6) is 0 Å². The van der Waals surface area contributed by atoms with E-state index in [1.165, 1.54) is 0 Å². The molecular weight excluding hydrogens is 126 g/mol. The zero-order valence-electron chi connectivity index (χ0n) is 6.36. The summed E-state index contributed by atoms with van der Waals surface area (Å²) in [7, 11) is 5.01. The third-order valence-corrected chi connectivity index (χ3v) is 1.52. The van der Waals surface area contributed by atoms with Crippen LogP contribution >= 0.6 is 0 Å². The zero-order chi connectivity index (χ0) is 7.40. The lowest BCUT2D eigenvalue weighted by Gasteiger charge is -2.25. The largest absolute Gasteiger partial charge is 0.374 e. The Hall–Kier alpha value is -0.00519. The molecule has 0 unspecified atom stereocenters. The molecule has 0 aromatic carbocycles. The van der Waals surface area contributed by atoms with E-state index >= 15 is 0 Å². The quantitative estimate of drug-likeness (QED) is 0.256. The van der Waals surface area contributed by atoms with Gasteiger partial charge in [-0.2, -0.15) is 0 Å². The second-order valence-corrected chi connectivity index (χ2v) is 2.20. The minimum atomic E-state index is 0.193. The fraction of sp³-hybridized carbons (Fsp3) is 1.00. The highest BCUT2D eigenvalue weighted by atomic mass is 15.2. The van der Waals surface area contributed by atoms with Crippen molar-refractivity contribution in [2.24, 2.45) is 0 Å². The van der Waals surface area contributed by atoms with Crippen LogP contribution in [0.1, 0.15) is 0 Å². The van der Waals surface area contributed by atoms with E-state index in [0.717, 1.165) is 7.55 Å². The smallest absolute Gasteiger partial charge is 0.360 e. The summed E-state index contributed by atoms with van der Waals surface area (Å²) in [5.41, 5.74) is 0. The molecule has 5 N–H and O–H groups in total. The van der Waals surface area contributed by atoms with Gasteiger partial charge in [0.1, 0.15) is 0 Å². The zero-order valence-corrected chi connectivity index (χ0v) is 6.36. The van der Waals surface area contributed by atoms with Gasteiger partial charge in [0.2, 0.25) is 0 Å². The van der Waals surface area contributed by atoms with E-state index in [1.807, 2.05) is 14.1 Å².